The number of hydrogen-bond donors (Lipinski definition) is 2. The smallest absolute Gasteiger partial charge is 0.261 e. The van der Waals surface area contributed by atoms with Gasteiger partial charge in [-0.2, -0.15) is 0 Å². The number of nitrogens with zero attached hydrogens (tertiary/aromatic N) is 4. The molecule has 3 aromatic carbocycles. The maximum Gasteiger partial charge on any atom is 0.261 e. The molecule has 1 saturated heterocycles. The molecule has 7 nitrogen and oxygen atoms in total. The number of fused-ring (bicyclic) bond motifs is 3. The fourth-order valence-corrected chi connectivity index (χ4v) is 8.46. The zero-order valence-corrected chi connectivity index (χ0v) is 28.8. The Balaban J connectivity index is 1.20. The Labute approximate surface area is 283 Å². The average Bonchev–Trinajstić information content (AvgIpc) is 3.08. The van der Waals surface area contributed by atoms with Crippen LogP contribution < -0.4 is 16.2 Å². The molecule has 2 N–H and O–H groups in total. The van der Waals surface area contributed by atoms with E-state index in [9.17, 15) is 9.18 Å². The van der Waals surface area contributed by atoms with Gasteiger partial charge in [-0.15, -0.1) is 0 Å². The van der Waals surface area contributed by atoms with Crippen LogP contribution in [0.4, 0.5) is 10.1 Å². The standard InChI is InChI=1S/C40H49FN6O/c1-26-25-46(21-19-42-26)39(45-35-23-30-22-34(27(35)2)40(30,3)4)43-32-15-16-33-36(24-32)44-37(17-12-28-8-6-5-7-9-28)47(38(33)48)20-18-29-10-13-31(41)14-11-29/h5-11,13-16,24,26-27,30,34-35,42H,12,17-23,25H2,1-4H3,(H,43,45)/t26-,27-,30-,34+,35?/m0/s1. The van der Waals surface area contributed by atoms with Crippen LogP contribution >= 0.6 is 0 Å². The van der Waals surface area contributed by atoms with E-state index in [0.717, 1.165) is 67.3 Å². The summed E-state index contributed by atoms with van der Waals surface area (Å²) >= 11 is 0. The quantitative estimate of drug-likeness (QED) is 0.164. The number of aliphatic imine (C=N–C) groups is 1. The van der Waals surface area contributed by atoms with E-state index in [0.29, 0.717) is 53.7 Å². The van der Waals surface area contributed by atoms with E-state index in [1.165, 1.54) is 24.1 Å². The van der Waals surface area contributed by atoms with E-state index < -0.39 is 0 Å². The van der Waals surface area contributed by atoms with Crippen LogP contribution in [0.1, 0.15) is 57.5 Å². The summed E-state index contributed by atoms with van der Waals surface area (Å²) in [5, 5.41) is 7.88. The Morgan fingerprint density at radius 1 is 1.00 bits per heavy atom. The Kier molecular flexibility index (Phi) is 9.12. The Morgan fingerprint density at radius 2 is 1.77 bits per heavy atom. The van der Waals surface area contributed by atoms with Crippen LogP contribution in [0.15, 0.2) is 82.6 Å². The first-order chi connectivity index (χ1) is 23.2. The van der Waals surface area contributed by atoms with E-state index in [-0.39, 0.29) is 11.4 Å². The van der Waals surface area contributed by atoms with Crippen molar-refractivity contribution in [1.29, 1.82) is 0 Å². The monoisotopic (exact) mass is 648 g/mol. The van der Waals surface area contributed by atoms with Crippen molar-refractivity contribution in [2.24, 2.45) is 28.2 Å². The third-order valence-electron chi connectivity index (χ3n) is 11.6. The van der Waals surface area contributed by atoms with Crippen molar-refractivity contribution in [1.82, 2.24) is 19.8 Å². The van der Waals surface area contributed by atoms with Gasteiger partial charge in [-0.25, -0.2) is 14.4 Å². The van der Waals surface area contributed by atoms with Crippen molar-refractivity contribution < 1.29 is 4.39 Å². The molecule has 0 radical (unpaired) electrons. The Bertz CT molecular complexity index is 1830. The van der Waals surface area contributed by atoms with Gasteiger partial charge in [0.15, 0.2) is 5.96 Å². The van der Waals surface area contributed by atoms with Gasteiger partial charge in [0.25, 0.3) is 5.56 Å². The fraction of sp³-hybridized carbons (Fsp3) is 0.475. The molecule has 4 aliphatic rings. The molecule has 1 aliphatic heterocycles. The zero-order chi connectivity index (χ0) is 33.4. The third-order valence-corrected chi connectivity index (χ3v) is 11.6. The molecule has 0 amide bonds. The van der Waals surface area contributed by atoms with Crippen molar-refractivity contribution >= 4 is 22.5 Å². The second-order valence-electron chi connectivity index (χ2n) is 15.0. The van der Waals surface area contributed by atoms with Crippen LogP contribution in [0.2, 0.25) is 0 Å². The normalized spacial score (nSPS) is 25.1. The van der Waals surface area contributed by atoms with Crippen molar-refractivity contribution in [3.63, 3.8) is 0 Å². The molecule has 2 bridgehead atoms. The molecule has 4 fully saturated rings. The predicted molar refractivity (Wildman–Crippen MR) is 193 cm³/mol. The molecular formula is C40H49FN6O. The molecule has 8 rings (SSSR count). The highest BCUT2D eigenvalue weighted by molar-refractivity contribution is 5.96. The second kappa shape index (κ2) is 13.5. The number of nitrogens with one attached hydrogen (secondary N) is 2. The van der Waals surface area contributed by atoms with Crippen LogP contribution in [0.25, 0.3) is 10.9 Å². The second-order valence-corrected chi connectivity index (χ2v) is 15.0. The van der Waals surface area contributed by atoms with Crippen LogP contribution in [0, 0.1) is 29.0 Å². The molecule has 3 saturated carbocycles. The van der Waals surface area contributed by atoms with Crippen molar-refractivity contribution in [2.45, 2.75) is 78.4 Å². The minimum Gasteiger partial charge on any atom is -0.340 e. The van der Waals surface area contributed by atoms with Crippen LogP contribution in [0.3, 0.4) is 0 Å². The largest absolute Gasteiger partial charge is 0.340 e. The topological polar surface area (TPSA) is 74.5 Å². The van der Waals surface area contributed by atoms with Gasteiger partial charge >= 0.3 is 0 Å². The molecule has 8 heteroatoms. The minimum absolute atomic E-state index is 0.0422. The molecule has 5 atom stereocenters. The minimum atomic E-state index is -0.260. The summed E-state index contributed by atoms with van der Waals surface area (Å²) in [6.45, 7) is 12.7. The predicted octanol–water partition coefficient (Wildman–Crippen LogP) is 6.70. The Morgan fingerprint density at radius 3 is 2.50 bits per heavy atom. The fourth-order valence-electron chi connectivity index (χ4n) is 8.46. The third kappa shape index (κ3) is 6.64. The number of anilines is 1. The van der Waals surface area contributed by atoms with Gasteiger partial charge in [0.1, 0.15) is 11.6 Å². The number of hydrogen-bond acceptors (Lipinski definition) is 4. The number of rotatable bonds is 8. The van der Waals surface area contributed by atoms with Gasteiger partial charge in [-0.3, -0.25) is 9.36 Å². The van der Waals surface area contributed by atoms with Crippen molar-refractivity contribution in [3.8, 4) is 0 Å². The van der Waals surface area contributed by atoms with Gasteiger partial charge in [0, 0.05) is 44.3 Å². The van der Waals surface area contributed by atoms with Crippen LogP contribution in [-0.4, -0.2) is 52.1 Å². The van der Waals surface area contributed by atoms with Crippen molar-refractivity contribution in [2.75, 3.05) is 25.0 Å². The number of guanidine groups is 1. The summed E-state index contributed by atoms with van der Waals surface area (Å²) < 4.78 is 15.4. The lowest BCUT2D eigenvalue weighted by Crippen LogP contribution is -2.57. The summed E-state index contributed by atoms with van der Waals surface area (Å²) in [6.07, 6.45) is 4.51. The molecule has 4 aromatic rings. The molecule has 0 spiro atoms. The summed E-state index contributed by atoms with van der Waals surface area (Å²) in [5.74, 6) is 3.43. The first kappa shape index (κ1) is 32.5. The van der Waals surface area contributed by atoms with Gasteiger partial charge in [-0.1, -0.05) is 63.2 Å². The number of piperazine rings is 1. The van der Waals surface area contributed by atoms with E-state index >= 15 is 0 Å². The van der Waals surface area contributed by atoms with E-state index in [4.69, 9.17) is 9.98 Å². The summed E-state index contributed by atoms with van der Waals surface area (Å²) in [6, 6.07) is 23.4. The molecular weight excluding hydrogens is 599 g/mol. The molecule has 48 heavy (non-hydrogen) atoms. The first-order valence-electron chi connectivity index (χ1n) is 17.8. The number of benzene rings is 3. The van der Waals surface area contributed by atoms with Gasteiger partial charge < -0.3 is 15.5 Å². The van der Waals surface area contributed by atoms with Crippen molar-refractivity contribution in [3.05, 3.63) is 106 Å². The molecule has 3 aliphatic carbocycles. The molecule has 1 aromatic heterocycles. The number of aromatic nitrogens is 2. The molecule has 2 heterocycles. The lowest BCUT2D eigenvalue weighted by atomic mass is 9.45. The van der Waals surface area contributed by atoms with Gasteiger partial charge in [-0.05, 0) is 97.2 Å². The summed E-state index contributed by atoms with van der Waals surface area (Å²) in [7, 11) is 0. The van der Waals surface area contributed by atoms with Gasteiger partial charge in [0.2, 0.25) is 0 Å². The average molecular weight is 649 g/mol. The SMILES string of the molecule is C[C@@H]1C(N=C(Nc2ccc3c(=O)n(CCc4ccc(F)cc4)c(CCc4ccccc4)nc3c2)N2CCN[C@@H](C)C2)C[C@@H]2C[C@H]1C2(C)C. The van der Waals surface area contributed by atoms with E-state index in [1.54, 1.807) is 12.1 Å². The lowest BCUT2D eigenvalue weighted by Gasteiger charge is -2.61. The highest BCUT2D eigenvalue weighted by atomic mass is 19.1. The van der Waals surface area contributed by atoms with Gasteiger partial charge in [0.05, 0.1) is 16.9 Å². The van der Waals surface area contributed by atoms with E-state index in [2.05, 4.69) is 55.4 Å². The number of aryl methyl sites for hydroxylation is 3. The first-order valence-corrected chi connectivity index (χ1v) is 17.8. The molecule has 252 valence electrons. The van der Waals surface area contributed by atoms with E-state index in [1.807, 2.05) is 41.0 Å². The lowest BCUT2D eigenvalue weighted by molar-refractivity contribution is -0.108. The molecule has 1 unspecified atom stereocenters. The van der Waals surface area contributed by atoms with Crippen LogP contribution in [0.5, 0.6) is 0 Å². The van der Waals surface area contributed by atoms with Crippen LogP contribution in [-0.2, 0) is 25.8 Å². The summed E-state index contributed by atoms with van der Waals surface area (Å²) in [5.41, 5.74) is 4.14. The Hall–Kier alpha value is -4.04. The highest BCUT2D eigenvalue weighted by Crippen LogP contribution is 2.61. The number of halogens is 1. The highest BCUT2D eigenvalue weighted by Gasteiger charge is 2.56. The maximum absolute atomic E-state index is 14.0. The maximum atomic E-state index is 14.0. The summed E-state index contributed by atoms with van der Waals surface area (Å²) in [4.78, 5) is 27.0. The zero-order valence-electron chi connectivity index (χ0n) is 28.8.